The van der Waals surface area contributed by atoms with Gasteiger partial charge in [0, 0.05) is 11.1 Å². The van der Waals surface area contributed by atoms with Gasteiger partial charge in [-0.05, 0) is 36.8 Å². The molecule has 0 aliphatic heterocycles. The summed E-state index contributed by atoms with van der Waals surface area (Å²) in [6.45, 7) is 1.73. The third-order valence-electron chi connectivity index (χ3n) is 4.06. The van der Waals surface area contributed by atoms with Crippen LogP contribution >= 0.6 is 11.6 Å². The van der Waals surface area contributed by atoms with Crippen molar-refractivity contribution >= 4 is 38.9 Å². The van der Waals surface area contributed by atoms with Gasteiger partial charge in [0.2, 0.25) is 15.9 Å². The van der Waals surface area contributed by atoms with E-state index in [1.54, 1.807) is 43.3 Å². The molecule has 28 heavy (non-hydrogen) atoms. The standard InChI is InChI=1S/C19H23ClN2O5S/c1-5-17(22(28(4,24)25)14-8-6-7-13(20)11-14)19(23)21-16-12-15(26-2)9-10-18(16)27-3/h6-12,17H,5H2,1-4H3,(H,21,23)/t17-/m0/s1. The molecule has 0 aliphatic rings. The number of ether oxygens (including phenoxy) is 2. The number of amides is 1. The molecule has 1 amide bonds. The smallest absolute Gasteiger partial charge is 0.248 e. The van der Waals surface area contributed by atoms with Crippen LogP contribution in [-0.2, 0) is 14.8 Å². The Morgan fingerprint density at radius 2 is 1.89 bits per heavy atom. The molecule has 0 saturated heterocycles. The Morgan fingerprint density at radius 3 is 2.43 bits per heavy atom. The van der Waals surface area contributed by atoms with Crippen LogP contribution < -0.4 is 19.1 Å². The average Bonchev–Trinajstić information content (AvgIpc) is 2.64. The van der Waals surface area contributed by atoms with Gasteiger partial charge in [-0.1, -0.05) is 24.6 Å². The SMILES string of the molecule is CC[C@@H](C(=O)Nc1cc(OC)ccc1OC)N(c1cccc(Cl)c1)S(C)(=O)=O. The van der Waals surface area contributed by atoms with Crippen molar-refractivity contribution in [3.05, 3.63) is 47.5 Å². The van der Waals surface area contributed by atoms with Crippen LogP contribution in [0.2, 0.25) is 5.02 Å². The topological polar surface area (TPSA) is 84.9 Å². The van der Waals surface area contributed by atoms with Gasteiger partial charge in [0.1, 0.15) is 17.5 Å². The number of carbonyl (C=O) groups excluding carboxylic acids is 1. The van der Waals surface area contributed by atoms with Crippen molar-refractivity contribution in [2.45, 2.75) is 19.4 Å². The molecule has 1 N–H and O–H groups in total. The van der Waals surface area contributed by atoms with Crippen molar-refractivity contribution in [2.24, 2.45) is 0 Å². The van der Waals surface area contributed by atoms with Crippen LogP contribution in [0.5, 0.6) is 11.5 Å². The van der Waals surface area contributed by atoms with Crippen LogP contribution in [0.4, 0.5) is 11.4 Å². The summed E-state index contributed by atoms with van der Waals surface area (Å²) in [5.74, 6) is 0.455. The van der Waals surface area contributed by atoms with Gasteiger partial charge in [-0.25, -0.2) is 8.42 Å². The number of methoxy groups -OCH3 is 2. The number of nitrogens with one attached hydrogen (secondary N) is 1. The molecule has 0 saturated carbocycles. The number of benzene rings is 2. The summed E-state index contributed by atoms with van der Waals surface area (Å²) >= 11 is 6.02. The van der Waals surface area contributed by atoms with Gasteiger partial charge in [0.05, 0.1) is 31.9 Å². The van der Waals surface area contributed by atoms with Crippen LogP contribution in [0.1, 0.15) is 13.3 Å². The van der Waals surface area contributed by atoms with E-state index < -0.39 is 22.0 Å². The van der Waals surface area contributed by atoms with Gasteiger partial charge in [0.15, 0.2) is 0 Å². The monoisotopic (exact) mass is 426 g/mol. The number of nitrogens with zero attached hydrogens (tertiary/aromatic N) is 1. The molecule has 1 atom stereocenters. The quantitative estimate of drug-likeness (QED) is 0.697. The predicted molar refractivity (Wildman–Crippen MR) is 111 cm³/mol. The first kappa shape index (κ1) is 21.8. The van der Waals surface area contributed by atoms with Crippen LogP contribution in [0.25, 0.3) is 0 Å². The van der Waals surface area contributed by atoms with Gasteiger partial charge in [-0.2, -0.15) is 0 Å². The minimum absolute atomic E-state index is 0.248. The summed E-state index contributed by atoms with van der Waals surface area (Å²) in [5, 5.41) is 3.11. The first-order chi connectivity index (χ1) is 13.2. The number of sulfonamides is 1. The molecule has 0 radical (unpaired) electrons. The molecule has 0 spiro atoms. The predicted octanol–water partition coefficient (Wildman–Crippen LogP) is 3.54. The molecule has 0 heterocycles. The lowest BCUT2D eigenvalue weighted by molar-refractivity contribution is -0.117. The summed E-state index contributed by atoms with van der Waals surface area (Å²) in [6, 6.07) is 10.3. The summed E-state index contributed by atoms with van der Waals surface area (Å²) in [4.78, 5) is 13.0. The van der Waals surface area contributed by atoms with Crippen molar-refractivity contribution in [3.8, 4) is 11.5 Å². The average molecular weight is 427 g/mol. The molecular formula is C19H23ClN2O5S. The van der Waals surface area contributed by atoms with E-state index >= 15 is 0 Å². The first-order valence-electron chi connectivity index (χ1n) is 8.49. The van der Waals surface area contributed by atoms with Crippen molar-refractivity contribution in [3.63, 3.8) is 0 Å². The fraction of sp³-hybridized carbons (Fsp3) is 0.316. The van der Waals surface area contributed by atoms with Crippen molar-refractivity contribution < 1.29 is 22.7 Å². The molecule has 0 unspecified atom stereocenters. The van der Waals surface area contributed by atoms with Gasteiger partial charge >= 0.3 is 0 Å². The largest absolute Gasteiger partial charge is 0.497 e. The van der Waals surface area contributed by atoms with E-state index in [1.807, 2.05) is 0 Å². The zero-order valence-electron chi connectivity index (χ0n) is 16.1. The van der Waals surface area contributed by atoms with E-state index in [9.17, 15) is 13.2 Å². The lowest BCUT2D eigenvalue weighted by Crippen LogP contribution is -2.47. The minimum Gasteiger partial charge on any atom is -0.497 e. The van der Waals surface area contributed by atoms with Crippen molar-refractivity contribution in [2.75, 3.05) is 30.1 Å². The highest BCUT2D eigenvalue weighted by Crippen LogP contribution is 2.30. The molecule has 2 aromatic rings. The second-order valence-electron chi connectivity index (χ2n) is 6.02. The van der Waals surface area contributed by atoms with Gasteiger partial charge in [0.25, 0.3) is 0 Å². The van der Waals surface area contributed by atoms with E-state index in [2.05, 4.69) is 5.32 Å². The number of hydrogen-bond donors (Lipinski definition) is 1. The van der Waals surface area contributed by atoms with Gasteiger partial charge < -0.3 is 14.8 Å². The Kier molecular flexibility index (Phi) is 7.15. The zero-order valence-corrected chi connectivity index (χ0v) is 17.7. The van der Waals surface area contributed by atoms with Crippen molar-refractivity contribution in [1.29, 1.82) is 0 Å². The highest BCUT2D eigenvalue weighted by molar-refractivity contribution is 7.92. The highest BCUT2D eigenvalue weighted by atomic mass is 35.5. The Labute approximate surface area is 170 Å². The van der Waals surface area contributed by atoms with E-state index in [4.69, 9.17) is 21.1 Å². The number of rotatable bonds is 8. The Balaban J connectivity index is 2.43. The van der Waals surface area contributed by atoms with E-state index in [1.165, 1.54) is 20.3 Å². The second kappa shape index (κ2) is 9.16. The third kappa shape index (κ3) is 5.08. The van der Waals surface area contributed by atoms with Crippen LogP contribution in [-0.4, -0.2) is 40.8 Å². The maximum absolute atomic E-state index is 13.0. The van der Waals surface area contributed by atoms with Crippen LogP contribution in [0.15, 0.2) is 42.5 Å². The molecule has 0 fully saturated rings. The fourth-order valence-corrected chi connectivity index (χ4v) is 4.19. The summed E-state index contributed by atoms with van der Waals surface area (Å²) in [6.07, 6.45) is 1.30. The Morgan fingerprint density at radius 1 is 1.18 bits per heavy atom. The fourth-order valence-electron chi connectivity index (χ4n) is 2.80. The molecule has 152 valence electrons. The molecule has 7 nitrogen and oxygen atoms in total. The normalized spacial score (nSPS) is 12.2. The van der Waals surface area contributed by atoms with E-state index in [0.717, 1.165) is 10.6 Å². The van der Waals surface area contributed by atoms with Gasteiger partial charge in [-0.3, -0.25) is 9.10 Å². The van der Waals surface area contributed by atoms with Crippen LogP contribution in [0.3, 0.4) is 0 Å². The Bertz CT molecular complexity index is 949. The second-order valence-corrected chi connectivity index (χ2v) is 8.31. The molecule has 0 aromatic heterocycles. The third-order valence-corrected chi connectivity index (χ3v) is 5.47. The Hall–Kier alpha value is -2.45. The maximum atomic E-state index is 13.0. The molecule has 0 bridgehead atoms. The zero-order chi connectivity index (χ0) is 20.9. The molecular weight excluding hydrogens is 404 g/mol. The molecule has 9 heteroatoms. The first-order valence-corrected chi connectivity index (χ1v) is 10.7. The van der Waals surface area contributed by atoms with Gasteiger partial charge in [-0.15, -0.1) is 0 Å². The lowest BCUT2D eigenvalue weighted by Gasteiger charge is -2.30. The number of anilines is 2. The van der Waals surface area contributed by atoms with E-state index in [-0.39, 0.29) is 6.42 Å². The summed E-state index contributed by atoms with van der Waals surface area (Å²) in [7, 11) is -0.771. The minimum atomic E-state index is -3.75. The number of hydrogen-bond acceptors (Lipinski definition) is 5. The number of carbonyl (C=O) groups is 1. The molecule has 0 aliphatic carbocycles. The maximum Gasteiger partial charge on any atom is 0.248 e. The summed E-state index contributed by atoms with van der Waals surface area (Å²) < 4.78 is 36.5. The summed E-state index contributed by atoms with van der Waals surface area (Å²) in [5.41, 5.74) is 0.694. The lowest BCUT2D eigenvalue weighted by atomic mass is 10.1. The van der Waals surface area contributed by atoms with Crippen LogP contribution in [0, 0.1) is 0 Å². The number of halogens is 1. The molecule has 2 aromatic carbocycles. The highest BCUT2D eigenvalue weighted by Gasteiger charge is 2.32. The van der Waals surface area contributed by atoms with Crippen molar-refractivity contribution in [1.82, 2.24) is 0 Å². The molecule has 2 rings (SSSR count). The van der Waals surface area contributed by atoms with E-state index in [0.29, 0.717) is 27.9 Å².